The molecule has 0 aliphatic heterocycles. The number of hydrogen-bond acceptors (Lipinski definition) is 2. The SMILES string of the molecule is CCCCNCC(C)Oc1cccc(Cl)c1. The van der Waals surface area contributed by atoms with Crippen LogP contribution in [0.5, 0.6) is 5.75 Å². The zero-order valence-corrected chi connectivity index (χ0v) is 10.8. The molecule has 0 bridgehead atoms. The molecule has 0 saturated heterocycles. The van der Waals surface area contributed by atoms with E-state index < -0.39 is 0 Å². The lowest BCUT2D eigenvalue weighted by atomic mass is 10.3. The summed E-state index contributed by atoms with van der Waals surface area (Å²) in [6.07, 6.45) is 2.59. The van der Waals surface area contributed by atoms with Crippen LogP contribution in [0.1, 0.15) is 26.7 Å². The summed E-state index contributed by atoms with van der Waals surface area (Å²) < 4.78 is 5.73. The molecule has 0 aliphatic carbocycles. The summed E-state index contributed by atoms with van der Waals surface area (Å²) in [5.74, 6) is 0.831. The number of rotatable bonds is 7. The predicted molar refractivity (Wildman–Crippen MR) is 69.3 cm³/mol. The summed E-state index contributed by atoms with van der Waals surface area (Å²) in [5, 5.41) is 4.07. The molecule has 0 heterocycles. The van der Waals surface area contributed by atoms with Gasteiger partial charge < -0.3 is 10.1 Å². The maximum atomic E-state index is 5.88. The van der Waals surface area contributed by atoms with Gasteiger partial charge in [0.1, 0.15) is 11.9 Å². The van der Waals surface area contributed by atoms with Gasteiger partial charge in [0.25, 0.3) is 0 Å². The summed E-state index contributed by atoms with van der Waals surface area (Å²) >= 11 is 5.88. The highest BCUT2D eigenvalue weighted by molar-refractivity contribution is 6.30. The third-order valence-corrected chi connectivity index (χ3v) is 2.51. The molecule has 1 aromatic rings. The maximum absolute atomic E-state index is 5.88. The van der Waals surface area contributed by atoms with E-state index in [0.717, 1.165) is 18.8 Å². The fourth-order valence-corrected chi connectivity index (χ4v) is 1.60. The van der Waals surface area contributed by atoms with E-state index in [0.29, 0.717) is 5.02 Å². The Bertz CT molecular complexity index is 304. The smallest absolute Gasteiger partial charge is 0.121 e. The van der Waals surface area contributed by atoms with Gasteiger partial charge in [-0.1, -0.05) is 31.0 Å². The molecule has 0 spiro atoms. The van der Waals surface area contributed by atoms with Crippen molar-refractivity contribution in [3.8, 4) is 5.75 Å². The van der Waals surface area contributed by atoms with E-state index in [1.807, 2.05) is 24.3 Å². The first kappa shape index (κ1) is 13.3. The minimum absolute atomic E-state index is 0.162. The minimum Gasteiger partial charge on any atom is -0.489 e. The Kier molecular flexibility index (Phi) is 6.27. The zero-order valence-electron chi connectivity index (χ0n) is 10.0. The van der Waals surface area contributed by atoms with E-state index in [9.17, 15) is 0 Å². The van der Waals surface area contributed by atoms with Crippen LogP contribution in [-0.2, 0) is 0 Å². The van der Waals surface area contributed by atoms with Gasteiger partial charge in [-0.15, -0.1) is 0 Å². The molecule has 1 unspecified atom stereocenters. The Balaban J connectivity index is 2.25. The average molecular weight is 242 g/mol. The minimum atomic E-state index is 0.162. The summed E-state index contributed by atoms with van der Waals surface area (Å²) in [4.78, 5) is 0. The lowest BCUT2D eigenvalue weighted by Crippen LogP contribution is -2.29. The Labute approximate surface area is 103 Å². The maximum Gasteiger partial charge on any atom is 0.121 e. The summed E-state index contributed by atoms with van der Waals surface area (Å²) in [6.45, 7) is 6.17. The third kappa shape index (κ3) is 5.38. The number of hydrogen-bond donors (Lipinski definition) is 1. The highest BCUT2D eigenvalue weighted by Gasteiger charge is 2.03. The van der Waals surface area contributed by atoms with Crippen LogP contribution in [0.15, 0.2) is 24.3 Å². The second-order valence-electron chi connectivity index (χ2n) is 3.94. The van der Waals surface area contributed by atoms with E-state index in [1.54, 1.807) is 0 Å². The van der Waals surface area contributed by atoms with Gasteiger partial charge in [0, 0.05) is 11.6 Å². The van der Waals surface area contributed by atoms with Crippen molar-refractivity contribution in [1.29, 1.82) is 0 Å². The van der Waals surface area contributed by atoms with E-state index in [1.165, 1.54) is 12.8 Å². The van der Waals surface area contributed by atoms with Crippen molar-refractivity contribution in [2.75, 3.05) is 13.1 Å². The molecule has 90 valence electrons. The standard InChI is InChI=1S/C13H20ClNO/c1-3-4-8-15-10-11(2)16-13-7-5-6-12(14)9-13/h5-7,9,11,15H,3-4,8,10H2,1-2H3. The van der Waals surface area contributed by atoms with Gasteiger partial charge >= 0.3 is 0 Å². The van der Waals surface area contributed by atoms with Gasteiger partial charge in [-0.3, -0.25) is 0 Å². The number of halogens is 1. The van der Waals surface area contributed by atoms with Crippen molar-refractivity contribution in [2.45, 2.75) is 32.8 Å². The van der Waals surface area contributed by atoms with E-state index in [-0.39, 0.29) is 6.10 Å². The van der Waals surface area contributed by atoms with Crippen LogP contribution >= 0.6 is 11.6 Å². The van der Waals surface area contributed by atoms with Crippen LogP contribution in [0, 0.1) is 0 Å². The Morgan fingerprint density at radius 2 is 2.25 bits per heavy atom. The molecule has 1 atom stereocenters. The molecule has 1 rings (SSSR count). The molecule has 2 nitrogen and oxygen atoms in total. The normalized spacial score (nSPS) is 12.4. The Morgan fingerprint density at radius 3 is 2.94 bits per heavy atom. The van der Waals surface area contributed by atoms with E-state index >= 15 is 0 Å². The predicted octanol–water partition coefficient (Wildman–Crippen LogP) is 3.50. The molecule has 0 amide bonds. The lowest BCUT2D eigenvalue weighted by molar-refractivity contribution is 0.217. The van der Waals surface area contributed by atoms with E-state index in [2.05, 4.69) is 19.2 Å². The van der Waals surface area contributed by atoms with Gasteiger partial charge in [0.15, 0.2) is 0 Å². The van der Waals surface area contributed by atoms with Gasteiger partial charge in [-0.05, 0) is 38.1 Å². The molecule has 0 aliphatic rings. The average Bonchev–Trinajstić information content (AvgIpc) is 2.24. The van der Waals surface area contributed by atoms with Crippen molar-refractivity contribution >= 4 is 11.6 Å². The van der Waals surface area contributed by atoms with Crippen LogP contribution in [0.25, 0.3) is 0 Å². The summed E-state index contributed by atoms with van der Waals surface area (Å²) in [6, 6.07) is 7.51. The number of nitrogens with one attached hydrogen (secondary N) is 1. The van der Waals surface area contributed by atoms with Gasteiger partial charge in [0.2, 0.25) is 0 Å². The fourth-order valence-electron chi connectivity index (χ4n) is 1.42. The molecular formula is C13H20ClNO. The van der Waals surface area contributed by atoms with Crippen molar-refractivity contribution in [3.05, 3.63) is 29.3 Å². The first-order chi connectivity index (χ1) is 7.72. The van der Waals surface area contributed by atoms with Crippen molar-refractivity contribution < 1.29 is 4.74 Å². The van der Waals surface area contributed by atoms with Crippen LogP contribution in [0.2, 0.25) is 5.02 Å². The summed E-state index contributed by atoms with van der Waals surface area (Å²) in [5.41, 5.74) is 0. The number of unbranched alkanes of at least 4 members (excludes halogenated alkanes) is 1. The Hall–Kier alpha value is -0.730. The molecule has 0 aromatic heterocycles. The number of benzene rings is 1. The van der Waals surface area contributed by atoms with Crippen LogP contribution in [0.4, 0.5) is 0 Å². The van der Waals surface area contributed by atoms with Crippen LogP contribution in [0.3, 0.4) is 0 Å². The van der Waals surface area contributed by atoms with E-state index in [4.69, 9.17) is 16.3 Å². The quantitative estimate of drug-likeness (QED) is 0.738. The topological polar surface area (TPSA) is 21.3 Å². The highest BCUT2D eigenvalue weighted by atomic mass is 35.5. The summed E-state index contributed by atoms with van der Waals surface area (Å²) in [7, 11) is 0. The first-order valence-electron chi connectivity index (χ1n) is 5.85. The molecule has 16 heavy (non-hydrogen) atoms. The highest BCUT2D eigenvalue weighted by Crippen LogP contribution is 2.18. The largest absolute Gasteiger partial charge is 0.489 e. The van der Waals surface area contributed by atoms with Crippen LogP contribution < -0.4 is 10.1 Å². The van der Waals surface area contributed by atoms with Crippen molar-refractivity contribution in [2.24, 2.45) is 0 Å². The second-order valence-corrected chi connectivity index (χ2v) is 4.38. The second kappa shape index (κ2) is 7.53. The zero-order chi connectivity index (χ0) is 11.8. The van der Waals surface area contributed by atoms with Crippen molar-refractivity contribution in [3.63, 3.8) is 0 Å². The van der Waals surface area contributed by atoms with Crippen molar-refractivity contribution in [1.82, 2.24) is 5.32 Å². The molecule has 1 N–H and O–H groups in total. The molecular weight excluding hydrogens is 222 g/mol. The monoisotopic (exact) mass is 241 g/mol. The third-order valence-electron chi connectivity index (χ3n) is 2.27. The van der Waals surface area contributed by atoms with Gasteiger partial charge in [-0.2, -0.15) is 0 Å². The molecule has 0 fully saturated rings. The Morgan fingerprint density at radius 1 is 1.44 bits per heavy atom. The van der Waals surface area contributed by atoms with Gasteiger partial charge in [-0.25, -0.2) is 0 Å². The number of ether oxygens (including phenoxy) is 1. The molecule has 3 heteroatoms. The molecule has 0 saturated carbocycles. The van der Waals surface area contributed by atoms with Crippen LogP contribution in [-0.4, -0.2) is 19.2 Å². The molecule has 0 radical (unpaired) electrons. The fraction of sp³-hybridized carbons (Fsp3) is 0.538. The first-order valence-corrected chi connectivity index (χ1v) is 6.23. The van der Waals surface area contributed by atoms with Gasteiger partial charge in [0.05, 0.1) is 0 Å². The molecule has 1 aromatic carbocycles. The lowest BCUT2D eigenvalue weighted by Gasteiger charge is -2.15.